The van der Waals surface area contributed by atoms with Crippen molar-refractivity contribution in [1.29, 1.82) is 0 Å². The van der Waals surface area contributed by atoms with Crippen LogP contribution in [0.15, 0.2) is 12.3 Å². The monoisotopic (exact) mass is 266 g/mol. The molecule has 0 spiro atoms. The zero-order valence-corrected chi connectivity index (χ0v) is 11.3. The van der Waals surface area contributed by atoms with E-state index < -0.39 is 4.92 Å². The molecule has 0 aromatic carbocycles. The maximum atomic E-state index is 11.8. The van der Waals surface area contributed by atoms with Gasteiger partial charge in [0.05, 0.1) is 11.5 Å². The first-order chi connectivity index (χ1) is 8.99. The molecule has 1 heterocycles. The van der Waals surface area contributed by atoms with E-state index in [2.05, 4.69) is 10.3 Å². The van der Waals surface area contributed by atoms with Crippen molar-refractivity contribution in [3.05, 3.63) is 27.9 Å². The highest BCUT2D eigenvalue weighted by atomic mass is 16.6. The minimum Gasteiger partial charge on any atom is -0.361 e. The lowest BCUT2D eigenvalue weighted by Crippen LogP contribution is -2.35. The number of rotatable bonds is 6. The number of nitrogens with one attached hydrogen (secondary N) is 1. The molecule has 1 aromatic rings. The summed E-state index contributed by atoms with van der Waals surface area (Å²) in [6, 6.07) is 1.43. The Kier molecular flexibility index (Phi) is 5.23. The van der Waals surface area contributed by atoms with Gasteiger partial charge in [-0.2, -0.15) is 0 Å². The van der Waals surface area contributed by atoms with Gasteiger partial charge in [-0.05, 0) is 26.3 Å². The summed E-state index contributed by atoms with van der Waals surface area (Å²) < 4.78 is 0. The van der Waals surface area contributed by atoms with Crippen molar-refractivity contribution in [2.45, 2.75) is 20.8 Å². The number of nitrogens with zero attached hydrogens (tertiary/aromatic N) is 3. The van der Waals surface area contributed by atoms with Crippen LogP contribution in [0.1, 0.15) is 19.4 Å². The molecule has 0 radical (unpaired) electrons. The Morgan fingerprint density at radius 1 is 1.47 bits per heavy atom. The fourth-order valence-electron chi connectivity index (χ4n) is 1.69. The molecule has 0 saturated heterocycles. The number of nitro groups is 1. The molecule has 0 unspecified atom stereocenters. The van der Waals surface area contributed by atoms with Crippen molar-refractivity contribution >= 4 is 17.4 Å². The molecule has 104 valence electrons. The highest BCUT2D eigenvalue weighted by molar-refractivity contribution is 5.80. The number of hydrogen-bond acceptors (Lipinski definition) is 5. The molecule has 7 heteroatoms. The van der Waals surface area contributed by atoms with Gasteiger partial charge < -0.3 is 10.2 Å². The summed E-state index contributed by atoms with van der Waals surface area (Å²) in [6.45, 7) is 6.98. The molecule has 1 amide bonds. The predicted molar refractivity (Wildman–Crippen MR) is 72.0 cm³/mol. The Morgan fingerprint density at radius 3 is 2.58 bits per heavy atom. The van der Waals surface area contributed by atoms with E-state index in [1.165, 1.54) is 12.3 Å². The van der Waals surface area contributed by atoms with E-state index in [0.717, 1.165) is 0 Å². The van der Waals surface area contributed by atoms with Crippen LogP contribution in [0.3, 0.4) is 0 Å². The van der Waals surface area contributed by atoms with Crippen molar-refractivity contribution < 1.29 is 9.72 Å². The summed E-state index contributed by atoms with van der Waals surface area (Å²) in [4.78, 5) is 27.5. The molecule has 0 fully saturated rings. The highest BCUT2D eigenvalue weighted by Crippen LogP contribution is 2.17. The molecule has 19 heavy (non-hydrogen) atoms. The van der Waals surface area contributed by atoms with Crippen LogP contribution in [0.2, 0.25) is 0 Å². The number of aryl methyl sites for hydroxylation is 1. The van der Waals surface area contributed by atoms with Crippen LogP contribution in [-0.2, 0) is 4.79 Å². The number of anilines is 1. The van der Waals surface area contributed by atoms with Crippen LogP contribution >= 0.6 is 0 Å². The van der Waals surface area contributed by atoms with Gasteiger partial charge in [-0.25, -0.2) is 4.98 Å². The second-order valence-electron chi connectivity index (χ2n) is 4.04. The second-order valence-corrected chi connectivity index (χ2v) is 4.04. The Balaban J connectivity index is 2.68. The third-order valence-corrected chi connectivity index (χ3v) is 2.80. The normalized spacial score (nSPS) is 10.1. The topological polar surface area (TPSA) is 88.4 Å². The fourth-order valence-corrected chi connectivity index (χ4v) is 1.69. The van der Waals surface area contributed by atoms with E-state index in [1.54, 1.807) is 11.8 Å². The van der Waals surface area contributed by atoms with Crippen molar-refractivity contribution in [2.75, 3.05) is 25.0 Å². The van der Waals surface area contributed by atoms with Crippen LogP contribution in [0.5, 0.6) is 0 Å². The first-order valence-electron chi connectivity index (χ1n) is 6.12. The average Bonchev–Trinajstić information content (AvgIpc) is 2.38. The molecule has 0 atom stereocenters. The number of likely N-dealkylation sites (N-methyl/N-ethyl adjacent to an activating group) is 1. The van der Waals surface area contributed by atoms with E-state index >= 15 is 0 Å². The maximum Gasteiger partial charge on any atom is 0.287 e. The summed E-state index contributed by atoms with van der Waals surface area (Å²) in [7, 11) is 0. The van der Waals surface area contributed by atoms with E-state index in [-0.39, 0.29) is 18.1 Å². The lowest BCUT2D eigenvalue weighted by Gasteiger charge is -2.19. The van der Waals surface area contributed by atoms with Crippen molar-refractivity contribution in [2.24, 2.45) is 0 Å². The maximum absolute atomic E-state index is 11.8. The highest BCUT2D eigenvalue weighted by Gasteiger charge is 2.12. The Hall–Kier alpha value is -2.18. The number of pyridine rings is 1. The summed E-state index contributed by atoms with van der Waals surface area (Å²) >= 11 is 0. The molecule has 0 aliphatic rings. The third kappa shape index (κ3) is 3.90. The van der Waals surface area contributed by atoms with Crippen LogP contribution in [0.4, 0.5) is 11.5 Å². The smallest absolute Gasteiger partial charge is 0.287 e. The Morgan fingerprint density at radius 2 is 2.11 bits per heavy atom. The molecule has 0 aliphatic carbocycles. The molecule has 1 rings (SSSR count). The molecule has 0 saturated carbocycles. The van der Waals surface area contributed by atoms with Gasteiger partial charge in [0.15, 0.2) is 0 Å². The van der Waals surface area contributed by atoms with Crippen LogP contribution in [0.25, 0.3) is 0 Å². The molecule has 0 bridgehead atoms. The van der Waals surface area contributed by atoms with Gasteiger partial charge in [0, 0.05) is 19.2 Å². The number of aromatic nitrogens is 1. The summed E-state index contributed by atoms with van der Waals surface area (Å²) in [6.07, 6.45) is 1.18. The van der Waals surface area contributed by atoms with E-state index in [0.29, 0.717) is 24.5 Å². The lowest BCUT2D eigenvalue weighted by atomic mass is 10.2. The van der Waals surface area contributed by atoms with Crippen LogP contribution in [0, 0.1) is 17.0 Å². The Labute approximate surface area is 111 Å². The minimum atomic E-state index is -0.495. The number of hydrogen-bond donors (Lipinski definition) is 1. The average molecular weight is 266 g/mol. The third-order valence-electron chi connectivity index (χ3n) is 2.80. The minimum absolute atomic E-state index is 0.0236. The molecule has 1 N–H and O–H groups in total. The van der Waals surface area contributed by atoms with Gasteiger partial charge in [-0.1, -0.05) is 0 Å². The van der Waals surface area contributed by atoms with E-state index in [1.807, 2.05) is 13.8 Å². The summed E-state index contributed by atoms with van der Waals surface area (Å²) in [5, 5.41) is 13.5. The van der Waals surface area contributed by atoms with Gasteiger partial charge in [-0.3, -0.25) is 14.9 Å². The van der Waals surface area contributed by atoms with Crippen molar-refractivity contribution in [3.63, 3.8) is 0 Å². The van der Waals surface area contributed by atoms with Crippen LogP contribution < -0.4 is 5.32 Å². The van der Waals surface area contributed by atoms with E-state index in [9.17, 15) is 14.9 Å². The van der Waals surface area contributed by atoms with Crippen molar-refractivity contribution in [3.8, 4) is 0 Å². The first kappa shape index (κ1) is 14.9. The van der Waals surface area contributed by atoms with Crippen molar-refractivity contribution in [1.82, 2.24) is 9.88 Å². The van der Waals surface area contributed by atoms with Gasteiger partial charge in [0.1, 0.15) is 12.0 Å². The van der Waals surface area contributed by atoms with Gasteiger partial charge in [0.2, 0.25) is 5.91 Å². The lowest BCUT2D eigenvalue weighted by molar-refractivity contribution is -0.385. The predicted octanol–water partition coefficient (Wildman–Crippen LogP) is 1.58. The molecular weight excluding hydrogens is 248 g/mol. The molecule has 7 nitrogen and oxygen atoms in total. The Bertz CT molecular complexity index is 472. The zero-order chi connectivity index (χ0) is 14.4. The second kappa shape index (κ2) is 6.67. The summed E-state index contributed by atoms with van der Waals surface area (Å²) in [5.74, 6) is 0.468. The standard InChI is InChI=1S/C12H18N4O3/c1-4-15(5-2)11(17)8-14-12-9(3)6-10(7-13-12)16(18)19/h6-7H,4-5,8H2,1-3H3,(H,13,14). The number of carbonyl (C=O) groups is 1. The number of amides is 1. The van der Waals surface area contributed by atoms with E-state index in [4.69, 9.17) is 0 Å². The number of carbonyl (C=O) groups excluding carboxylic acids is 1. The van der Waals surface area contributed by atoms with Gasteiger partial charge >= 0.3 is 0 Å². The quantitative estimate of drug-likeness (QED) is 0.623. The molecular formula is C12H18N4O3. The fraction of sp³-hybridized carbons (Fsp3) is 0.500. The summed E-state index contributed by atoms with van der Waals surface area (Å²) in [5.41, 5.74) is 0.583. The molecule has 0 aliphatic heterocycles. The first-order valence-corrected chi connectivity index (χ1v) is 6.12. The van der Waals surface area contributed by atoms with Gasteiger partial charge in [0.25, 0.3) is 5.69 Å². The largest absolute Gasteiger partial charge is 0.361 e. The molecule has 1 aromatic heterocycles. The zero-order valence-electron chi connectivity index (χ0n) is 11.3. The van der Waals surface area contributed by atoms with Gasteiger partial charge in [-0.15, -0.1) is 0 Å². The SMILES string of the molecule is CCN(CC)C(=O)CNc1ncc([N+](=O)[O-])cc1C. The van der Waals surface area contributed by atoms with Crippen LogP contribution in [-0.4, -0.2) is 40.3 Å².